The molecule has 13 nitrogen and oxygen atoms in total. The van der Waals surface area contributed by atoms with E-state index in [0.29, 0.717) is 30.9 Å². The number of aromatic amines is 2. The number of aryl methyl sites for hydroxylation is 2. The summed E-state index contributed by atoms with van der Waals surface area (Å²) in [5.41, 5.74) is 9.00. The molecule has 2 fully saturated rings. The minimum absolute atomic E-state index is 0.124. The van der Waals surface area contributed by atoms with Crippen molar-refractivity contribution in [2.45, 2.75) is 76.0 Å². The Morgan fingerprint density at radius 1 is 0.742 bits per heavy atom. The maximum atomic E-state index is 14.1. The van der Waals surface area contributed by atoms with Gasteiger partial charge in [0.1, 0.15) is 23.7 Å². The lowest BCUT2D eigenvalue weighted by Gasteiger charge is -2.28. The van der Waals surface area contributed by atoms with Crippen molar-refractivity contribution in [1.29, 1.82) is 0 Å². The zero-order valence-electron chi connectivity index (χ0n) is 34.7. The van der Waals surface area contributed by atoms with Crippen LogP contribution in [-0.2, 0) is 32.0 Å². The van der Waals surface area contributed by atoms with Crippen molar-refractivity contribution in [3.05, 3.63) is 142 Å². The van der Waals surface area contributed by atoms with Crippen LogP contribution in [-0.4, -0.2) is 73.7 Å². The van der Waals surface area contributed by atoms with Gasteiger partial charge in [-0.25, -0.2) is 14.8 Å². The Morgan fingerprint density at radius 2 is 1.34 bits per heavy atom. The van der Waals surface area contributed by atoms with Gasteiger partial charge in [-0.15, -0.1) is 0 Å². The molecule has 3 aliphatic rings. The maximum absolute atomic E-state index is 14.1. The molecule has 4 atom stereocenters. The molecule has 0 bridgehead atoms. The van der Waals surface area contributed by atoms with Crippen molar-refractivity contribution < 1.29 is 23.9 Å². The van der Waals surface area contributed by atoms with Gasteiger partial charge >= 0.3 is 6.09 Å². The van der Waals surface area contributed by atoms with Crippen LogP contribution in [0.4, 0.5) is 4.79 Å². The summed E-state index contributed by atoms with van der Waals surface area (Å²) in [6, 6.07) is 28.6. The number of rotatable bonds is 9. The van der Waals surface area contributed by atoms with Crippen molar-refractivity contribution in [2.24, 2.45) is 0 Å². The summed E-state index contributed by atoms with van der Waals surface area (Å²) in [5.74, 6) is 7.66. The van der Waals surface area contributed by atoms with Crippen LogP contribution < -0.4 is 10.6 Å². The quantitative estimate of drug-likeness (QED) is 0.113. The van der Waals surface area contributed by atoms with Gasteiger partial charge in [-0.3, -0.25) is 14.4 Å². The highest BCUT2D eigenvalue weighted by atomic mass is 16.5. The first-order chi connectivity index (χ1) is 30.3. The highest BCUT2D eigenvalue weighted by Gasteiger charge is 2.39. The summed E-state index contributed by atoms with van der Waals surface area (Å²) in [7, 11) is 1.28. The number of carbonyl (C=O) groups is 4. The van der Waals surface area contributed by atoms with E-state index in [9.17, 15) is 19.2 Å². The third kappa shape index (κ3) is 8.03. The number of benzene rings is 4. The third-order valence-electron chi connectivity index (χ3n) is 12.2. The molecule has 62 heavy (non-hydrogen) atoms. The number of hydrogen-bond acceptors (Lipinski definition) is 7. The molecule has 2 aliphatic heterocycles. The standard InChI is InChI=1S/C49H48N8O5/c1-3-41(58)53-42(32-12-6-4-7-13-32)47(59)57-27-11-17-40(57)46-51-37-25-22-34-28-30(20-23-35(34)44(37)54-46)18-19-31-21-24-36-38(29-31)52-45(50-36)39-16-10-26-56(39)48(60)43(55-49(61)62-2)33-14-8-5-9-15-33/h4-9,12-15,20-21,23-24,28-29,39-40,42-43H,3,10-11,16-17,22,25-27H2,1-2H3,(H,50,52)(H,51,54)(H,53,58)(H,55,61)/t39-,40-,42-,43-/m0/s1. The van der Waals surface area contributed by atoms with E-state index < -0.39 is 18.2 Å². The van der Waals surface area contributed by atoms with E-state index in [1.807, 2.05) is 89.8 Å². The van der Waals surface area contributed by atoms with Crippen LogP contribution in [0.1, 0.15) is 108 Å². The highest BCUT2D eigenvalue weighted by Crippen LogP contribution is 2.39. The van der Waals surface area contributed by atoms with Gasteiger partial charge in [-0.2, -0.15) is 0 Å². The lowest BCUT2D eigenvalue weighted by molar-refractivity contribution is -0.137. The number of methoxy groups -OCH3 is 1. The average Bonchev–Trinajstić information content (AvgIpc) is 4.15. The Morgan fingerprint density at radius 3 is 1.97 bits per heavy atom. The molecule has 0 saturated carbocycles. The highest BCUT2D eigenvalue weighted by molar-refractivity contribution is 5.89. The molecule has 4 amide bonds. The number of nitrogens with one attached hydrogen (secondary N) is 4. The fourth-order valence-electron chi connectivity index (χ4n) is 9.04. The second-order valence-corrected chi connectivity index (χ2v) is 16.0. The van der Waals surface area contributed by atoms with Crippen LogP contribution in [0.5, 0.6) is 0 Å². The van der Waals surface area contributed by atoms with E-state index in [4.69, 9.17) is 14.7 Å². The van der Waals surface area contributed by atoms with Gasteiger partial charge in [-0.1, -0.05) is 85.5 Å². The van der Waals surface area contributed by atoms with E-state index >= 15 is 0 Å². The van der Waals surface area contributed by atoms with E-state index in [1.165, 1.54) is 12.7 Å². The number of aromatic nitrogens is 4. The molecule has 0 spiro atoms. The molecule has 6 aromatic rings. The van der Waals surface area contributed by atoms with Gasteiger partial charge in [0.05, 0.1) is 35.9 Å². The summed E-state index contributed by atoms with van der Waals surface area (Å²) >= 11 is 0. The maximum Gasteiger partial charge on any atom is 0.407 e. The first-order valence-electron chi connectivity index (χ1n) is 21.4. The summed E-state index contributed by atoms with van der Waals surface area (Å²) < 4.78 is 4.84. The minimum Gasteiger partial charge on any atom is -0.453 e. The SMILES string of the molecule is CCC(=O)N[C@H](C(=O)N1CCC[C@H]1c1nc2c([nH]1)CCc1cc(C#Cc3ccc4nc([C@@H]5CCCN5C(=O)[C@@H](NC(=O)OC)c5ccccc5)[nH]c4c3)ccc1-2)c1ccccc1. The number of hydrogen-bond donors (Lipinski definition) is 4. The van der Waals surface area contributed by atoms with Gasteiger partial charge in [-0.05, 0) is 85.5 Å². The van der Waals surface area contributed by atoms with Crippen LogP contribution in [0.3, 0.4) is 0 Å². The van der Waals surface area contributed by atoms with Gasteiger partial charge in [0.2, 0.25) is 11.8 Å². The van der Waals surface area contributed by atoms with E-state index in [2.05, 4.69) is 44.6 Å². The first-order valence-corrected chi connectivity index (χ1v) is 21.4. The largest absolute Gasteiger partial charge is 0.453 e. The van der Waals surface area contributed by atoms with Crippen LogP contribution >= 0.6 is 0 Å². The molecule has 9 rings (SSSR count). The number of carbonyl (C=O) groups excluding carboxylic acids is 4. The summed E-state index contributed by atoms with van der Waals surface area (Å²) in [4.78, 5) is 73.6. The topological polar surface area (TPSA) is 165 Å². The van der Waals surface area contributed by atoms with Crippen molar-refractivity contribution >= 4 is 34.8 Å². The van der Waals surface area contributed by atoms with Gasteiger partial charge < -0.3 is 35.1 Å². The smallest absolute Gasteiger partial charge is 0.407 e. The number of H-pyrrole nitrogens is 2. The van der Waals surface area contributed by atoms with Gasteiger partial charge in [0.25, 0.3) is 5.91 Å². The van der Waals surface area contributed by atoms with Crippen molar-refractivity contribution in [3.8, 4) is 23.1 Å². The molecule has 2 aromatic heterocycles. The van der Waals surface area contributed by atoms with Crippen molar-refractivity contribution in [1.82, 2.24) is 40.4 Å². The Bertz CT molecular complexity index is 2720. The van der Waals surface area contributed by atoms with E-state index in [0.717, 1.165) is 89.0 Å². The lowest BCUT2D eigenvalue weighted by atomic mass is 9.91. The number of amides is 4. The Hall–Kier alpha value is -7.20. The van der Waals surface area contributed by atoms with Crippen LogP contribution in [0, 0.1) is 11.8 Å². The molecular weight excluding hydrogens is 781 g/mol. The second kappa shape index (κ2) is 17.4. The monoisotopic (exact) mass is 828 g/mol. The fraction of sp³-hybridized carbons (Fsp3) is 0.306. The second-order valence-electron chi connectivity index (χ2n) is 16.0. The van der Waals surface area contributed by atoms with Crippen molar-refractivity contribution in [2.75, 3.05) is 20.2 Å². The molecule has 4 N–H and O–H groups in total. The van der Waals surface area contributed by atoms with Crippen molar-refractivity contribution in [3.63, 3.8) is 0 Å². The summed E-state index contributed by atoms with van der Waals surface area (Å²) in [5, 5.41) is 5.68. The molecule has 4 aromatic carbocycles. The lowest BCUT2D eigenvalue weighted by Crippen LogP contribution is -2.42. The summed E-state index contributed by atoms with van der Waals surface area (Å²) in [6.45, 7) is 2.93. The molecule has 0 unspecified atom stereocenters. The van der Waals surface area contributed by atoms with Crippen LogP contribution in [0.25, 0.3) is 22.3 Å². The average molecular weight is 829 g/mol. The number of fused-ring (bicyclic) bond motifs is 4. The third-order valence-corrected chi connectivity index (χ3v) is 12.2. The summed E-state index contributed by atoms with van der Waals surface area (Å²) in [6.07, 6.45) is 4.44. The van der Waals surface area contributed by atoms with Gasteiger partial charge in [0.15, 0.2) is 0 Å². The molecule has 1 aliphatic carbocycles. The Kier molecular flexibility index (Phi) is 11.3. The zero-order chi connectivity index (χ0) is 42.7. The zero-order valence-corrected chi connectivity index (χ0v) is 34.7. The number of likely N-dealkylation sites (tertiary alicyclic amines) is 2. The number of imidazole rings is 2. The molecule has 314 valence electrons. The minimum atomic E-state index is -0.890. The number of ether oxygens (including phenoxy) is 1. The number of nitrogens with zero attached hydrogens (tertiary/aromatic N) is 4. The molecule has 4 heterocycles. The Labute approximate surface area is 359 Å². The molecule has 13 heteroatoms. The van der Waals surface area contributed by atoms with Crippen LogP contribution in [0.15, 0.2) is 97.1 Å². The predicted molar refractivity (Wildman–Crippen MR) is 233 cm³/mol. The van der Waals surface area contributed by atoms with E-state index in [-0.39, 0.29) is 29.8 Å². The number of alkyl carbamates (subject to hydrolysis) is 1. The normalized spacial score (nSPS) is 17.6. The molecule has 0 radical (unpaired) electrons. The molecular formula is C49H48N8O5. The van der Waals surface area contributed by atoms with Gasteiger partial charge in [0, 0.05) is 41.9 Å². The van der Waals surface area contributed by atoms with Crippen LogP contribution in [0.2, 0.25) is 0 Å². The first kappa shape index (κ1) is 40.2. The predicted octanol–water partition coefficient (Wildman–Crippen LogP) is 7.14. The fourth-order valence-corrected chi connectivity index (χ4v) is 9.04. The van der Waals surface area contributed by atoms with E-state index in [1.54, 1.807) is 11.8 Å². The molecule has 2 saturated heterocycles. The Balaban J connectivity index is 0.907.